The van der Waals surface area contributed by atoms with E-state index in [1.54, 1.807) is 12.1 Å². The zero-order valence-electron chi connectivity index (χ0n) is 9.72. The summed E-state index contributed by atoms with van der Waals surface area (Å²) in [5, 5.41) is 5.45. The number of methoxy groups -OCH3 is 1. The molecule has 94 valence electrons. The predicted molar refractivity (Wildman–Crippen MR) is 68.6 cm³/mol. The quantitative estimate of drug-likeness (QED) is 0.798. The van der Waals surface area contributed by atoms with Gasteiger partial charge in [0.15, 0.2) is 0 Å². The first-order chi connectivity index (χ1) is 8.69. The lowest BCUT2D eigenvalue weighted by Crippen LogP contribution is -2.30. The van der Waals surface area contributed by atoms with E-state index in [0.29, 0.717) is 24.8 Å². The third-order valence-electron chi connectivity index (χ3n) is 3.01. The van der Waals surface area contributed by atoms with Crippen LogP contribution in [-0.2, 0) is 9.47 Å². The summed E-state index contributed by atoms with van der Waals surface area (Å²) in [7, 11) is 1.37. The van der Waals surface area contributed by atoms with Gasteiger partial charge in [0.1, 0.15) is 0 Å². The van der Waals surface area contributed by atoms with Crippen LogP contribution in [0.25, 0.3) is 10.9 Å². The van der Waals surface area contributed by atoms with Crippen LogP contribution in [0, 0.1) is 0 Å². The molecule has 5 nitrogen and oxygen atoms in total. The Morgan fingerprint density at radius 1 is 1.56 bits per heavy atom. The Morgan fingerprint density at radius 3 is 2.94 bits per heavy atom. The molecule has 0 radical (unpaired) electrons. The van der Waals surface area contributed by atoms with Crippen molar-refractivity contribution in [3.8, 4) is 0 Å². The van der Waals surface area contributed by atoms with Crippen LogP contribution in [0.1, 0.15) is 16.4 Å². The Morgan fingerprint density at radius 2 is 2.33 bits per heavy atom. The molecule has 1 fully saturated rings. The molecule has 1 aromatic heterocycles. The average Bonchev–Trinajstić information content (AvgIpc) is 2.69. The van der Waals surface area contributed by atoms with Crippen LogP contribution in [0.3, 0.4) is 0 Å². The second kappa shape index (κ2) is 4.37. The largest absolute Gasteiger partial charge is 0.465 e. The molecule has 0 bridgehead atoms. The number of nitrogens with zero attached hydrogens (tertiary/aromatic N) is 2. The number of carbonyl (C=O) groups is 1. The average molecular weight is 311 g/mol. The Kier molecular flexibility index (Phi) is 2.83. The minimum absolute atomic E-state index is 0.297. The fraction of sp³-hybridized carbons (Fsp3) is 0.333. The highest BCUT2D eigenvalue weighted by molar-refractivity contribution is 9.10. The monoisotopic (exact) mass is 310 g/mol. The number of fused-ring (bicyclic) bond motifs is 1. The Bertz CT molecular complexity index is 619. The molecule has 0 saturated carbocycles. The van der Waals surface area contributed by atoms with E-state index in [0.717, 1.165) is 15.4 Å². The van der Waals surface area contributed by atoms with Crippen LogP contribution in [0.4, 0.5) is 0 Å². The summed E-state index contributed by atoms with van der Waals surface area (Å²) in [5.74, 6) is -0.362. The third kappa shape index (κ3) is 1.81. The van der Waals surface area contributed by atoms with E-state index in [4.69, 9.17) is 9.47 Å². The van der Waals surface area contributed by atoms with E-state index in [-0.39, 0.29) is 5.97 Å². The fourth-order valence-corrected chi connectivity index (χ4v) is 2.45. The molecule has 18 heavy (non-hydrogen) atoms. The molecule has 2 heterocycles. The lowest BCUT2D eigenvalue weighted by Gasteiger charge is -2.25. The molecule has 0 unspecified atom stereocenters. The van der Waals surface area contributed by atoms with Gasteiger partial charge in [0.05, 0.1) is 37.4 Å². The first-order valence-corrected chi connectivity index (χ1v) is 6.33. The number of halogens is 1. The molecule has 0 amide bonds. The zero-order valence-corrected chi connectivity index (χ0v) is 11.3. The second-order valence-corrected chi connectivity index (χ2v) is 5.04. The minimum atomic E-state index is -0.362. The standard InChI is InChI=1S/C12H11BrN2O3/c1-17-12(16)7-2-10(13)9-4-15(8-5-18-6-8)14-11(9)3-7/h2-4,8H,5-6H2,1H3. The number of aromatic nitrogens is 2. The second-order valence-electron chi connectivity index (χ2n) is 4.18. The highest BCUT2D eigenvalue weighted by atomic mass is 79.9. The number of ether oxygens (including phenoxy) is 2. The van der Waals surface area contributed by atoms with Crippen molar-refractivity contribution in [2.45, 2.75) is 6.04 Å². The summed E-state index contributed by atoms with van der Waals surface area (Å²) >= 11 is 3.46. The summed E-state index contributed by atoms with van der Waals surface area (Å²) in [4.78, 5) is 11.5. The summed E-state index contributed by atoms with van der Waals surface area (Å²) in [6.45, 7) is 1.38. The van der Waals surface area contributed by atoms with Gasteiger partial charge in [-0.1, -0.05) is 15.9 Å². The van der Waals surface area contributed by atoms with E-state index in [9.17, 15) is 4.79 Å². The summed E-state index contributed by atoms with van der Waals surface area (Å²) in [5.41, 5.74) is 1.27. The summed E-state index contributed by atoms with van der Waals surface area (Å²) in [6, 6.07) is 3.78. The van der Waals surface area contributed by atoms with Crippen molar-refractivity contribution in [2.75, 3.05) is 20.3 Å². The van der Waals surface area contributed by atoms with Crippen molar-refractivity contribution in [3.05, 3.63) is 28.4 Å². The van der Waals surface area contributed by atoms with Gasteiger partial charge in [0.25, 0.3) is 0 Å². The van der Waals surface area contributed by atoms with E-state index < -0.39 is 0 Å². The summed E-state index contributed by atoms with van der Waals surface area (Å²) in [6.07, 6.45) is 1.97. The topological polar surface area (TPSA) is 53.4 Å². The van der Waals surface area contributed by atoms with E-state index in [2.05, 4.69) is 21.0 Å². The van der Waals surface area contributed by atoms with Crippen molar-refractivity contribution >= 4 is 32.8 Å². The van der Waals surface area contributed by atoms with Gasteiger partial charge in [-0.05, 0) is 12.1 Å². The highest BCUT2D eigenvalue weighted by Gasteiger charge is 2.22. The van der Waals surface area contributed by atoms with Crippen LogP contribution in [0.15, 0.2) is 22.8 Å². The molecule has 0 spiro atoms. The third-order valence-corrected chi connectivity index (χ3v) is 3.66. The van der Waals surface area contributed by atoms with Gasteiger partial charge in [-0.25, -0.2) is 4.79 Å². The van der Waals surface area contributed by atoms with Gasteiger partial charge < -0.3 is 9.47 Å². The highest BCUT2D eigenvalue weighted by Crippen LogP contribution is 2.28. The number of rotatable bonds is 2. The van der Waals surface area contributed by atoms with Crippen LogP contribution < -0.4 is 0 Å². The number of hydrogen-bond acceptors (Lipinski definition) is 4. The van der Waals surface area contributed by atoms with Crippen LogP contribution >= 0.6 is 15.9 Å². The van der Waals surface area contributed by atoms with Gasteiger partial charge >= 0.3 is 5.97 Å². The SMILES string of the molecule is COC(=O)c1cc(Br)c2cn(C3COC3)nc2c1. The number of esters is 1. The first kappa shape index (κ1) is 11.7. The van der Waals surface area contributed by atoms with Gasteiger partial charge in [-0.3, -0.25) is 4.68 Å². The minimum Gasteiger partial charge on any atom is -0.465 e. The zero-order chi connectivity index (χ0) is 12.7. The molecule has 6 heteroatoms. The molecule has 0 atom stereocenters. The normalized spacial score (nSPS) is 15.7. The first-order valence-electron chi connectivity index (χ1n) is 5.53. The van der Waals surface area contributed by atoms with Crippen LogP contribution in [-0.4, -0.2) is 36.1 Å². The molecule has 0 aliphatic carbocycles. The summed E-state index contributed by atoms with van der Waals surface area (Å²) < 4.78 is 12.6. The maximum Gasteiger partial charge on any atom is 0.337 e. The number of hydrogen-bond donors (Lipinski definition) is 0. The van der Waals surface area contributed by atoms with E-state index in [1.807, 2.05) is 10.9 Å². The lowest BCUT2D eigenvalue weighted by molar-refractivity contribution is -0.0283. The smallest absolute Gasteiger partial charge is 0.337 e. The molecule has 3 rings (SSSR count). The van der Waals surface area contributed by atoms with E-state index in [1.165, 1.54) is 7.11 Å². The Hall–Kier alpha value is -1.40. The van der Waals surface area contributed by atoms with Crippen molar-refractivity contribution in [3.63, 3.8) is 0 Å². The number of benzene rings is 1. The Balaban J connectivity index is 2.09. The molecule has 1 aliphatic rings. The van der Waals surface area contributed by atoms with Crippen molar-refractivity contribution in [2.24, 2.45) is 0 Å². The van der Waals surface area contributed by atoms with Gasteiger partial charge in [-0.15, -0.1) is 0 Å². The Labute approximate surface area is 112 Å². The van der Waals surface area contributed by atoms with Gasteiger partial charge in [0, 0.05) is 16.1 Å². The molecule has 1 aliphatic heterocycles. The molecule has 1 aromatic carbocycles. The maximum atomic E-state index is 11.5. The van der Waals surface area contributed by atoms with Gasteiger partial charge in [0.2, 0.25) is 0 Å². The van der Waals surface area contributed by atoms with Crippen molar-refractivity contribution in [1.82, 2.24) is 9.78 Å². The maximum absolute atomic E-state index is 11.5. The number of carbonyl (C=O) groups excluding carboxylic acids is 1. The predicted octanol–water partition coefficient (Wildman–Crippen LogP) is 2.16. The van der Waals surface area contributed by atoms with Crippen molar-refractivity contribution < 1.29 is 14.3 Å². The van der Waals surface area contributed by atoms with Gasteiger partial charge in [-0.2, -0.15) is 5.10 Å². The van der Waals surface area contributed by atoms with E-state index >= 15 is 0 Å². The molecule has 2 aromatic rings. The molecular formula is C12H11BrN2O3. The molecule has 1 saturated heterocycles. The fourth-order valence-electron chi connectivity index (χ4n) is 1.90. The van der Waals surface area contributed by atoms with Crippen molar-refractivity contribution in [1.29, 1.82) is 0 Å². The van der Waals surface area contributed by atoms with Crippen LogP contribution in [0.2, 0.25) is 0 Å². The molecule has 0 N–H and O–H groups in total. The molecular weight excluding hydrogens is 300 g/mol. The lowest BCUT2D eigenvalue weighted by atomic mass is 10.2. The van der Waals surface area contributed by atoms with Crippen LogP contribution in [0.5, 0.6) is 0 Å².